The molecular formula is C18H26N2O3. The number of nitrogens with two attached hydrogens (primary N) is 1. The third-order valence-corrected chi connectivity index (χ3v) is 4.37. The van der Waals surface area contributed by atoms with Crippen molar-refractivity contribution in [1.82, 2.24) is 4.90 Å². The first-order chi connectivity index (χ1) is 11.1. The van der Waals surface area contributed by atoms with E-state index in [1.807, 2.05) is 4.90 Å². The molecule has 2 N–H and O–H groups in total. The number of piperidine rings is 1. The van der Waals surface area contributed by atoms with Gasteiger partial charge in [-0.1, -0.05) is 0 Å². The predicted molar refractivity (Wildman–Crippen MR) is 89.5 cm³/mol. The number of ether oxygens (including phenoxy) is 1. The van der Waals surface area contributed by atoms with Crippen LogP contribution in [0.15, 0.2) is 24.3 Å². The first-order valence-corrected chi connectivity index (χ1v) is 8.32. The number of nitrogens with zero attached hydrogens (tertiary/aromatic N) is 1. The molecular weight excluding hydrogens is 292 g/mol. The number of carbonyl (C=O) groups is 2. The molecule has 1 aliphatic heterocycles. The summed E-state index contributed by atoms with van der Waals surface area (Å²) in [5, 5.41) is 0. The lowest BCUT2D eigenvalue weighted by atomic mass is 9.97. The SMILES string of the molecule is CC(=O)c1ccc(OCCCC(=O)N2CCC(CN)CC2)cc1. The van der Waals surface area contributed by atoms with Gasteiger partial charge in [-0.05, 0) is 62.9 Å². The van der Waals surface area contributed by atoms with E-state index in [4.69, 9.17) is 10.5 Å². The van der Waals surface area contributed by atoms with Gasteiger partial charge in [-0.3, -0.25) is 9.59 Å². The fourth-order valence-electron chi connectivity index (χ4n) is 2.78. The summed E-state index contributed by atoms with van der Waals surface area (Å²) in [4.78, 5) is 25.3. The van der Waals surface area contributed by atoms with Gasteiger partial charge >= 0.3 is 0 Å². The standard InChI is InChI=1S/C18H26N2O3/c1-14(21)16-4-6-17(7-5-16)23-12-2-3-18(22)20-10-8-15(13-19)9-11-20/h4-7,15H,2-3,8-13,19H2,1H3. The van der Waals surface area contributed by atoms with E-state index in [-0.39, 0.29) is 11.7 Å². The molecule has 0 atom stereocenters. The lowest BCUT2D eigenvalue weighted by molar-refractivity contribution is -0.132. The van der Waals surface area contributed by atoms with E-state index in [1.165, 1.54) is 6.92 Å². The highest BCUT2D eigenvalue weighted by molar-refractivity contribution is 5.94. The minimum atomic E-state index is 0.0422. The molecule has 0 spiro atoms. The smallest absolute Gasteiger partial charge is 0.222 e. The largest absolute Gasteiger partial charge is 0.494 e. The van der Waals surface area contributed by atoms with Gasteiger partial charge in [-0.15, -0.1) is 0 Å². The van der Waals surface area contributed by atoms with E-state index in [2.05, 4.69) is 0 Å². The van der Waals surface area contributed by atoms with Crippen molar-refractivity contribution in [1.29, 1.82) is 0 Å². The molecule has 1 saturated heterocycles. The van der Waals surface area contributed by atoms with E-state index in [1.54, 1.807) is 24.3 Å². The molecule has 0 radical (unpaired) electrons. The molecule has 23 heavy (non-hydrogen) atoms. The lowest BCUT2D eigenvalue weighted by Gasteiger charge is -2.31. The lowest BCUT2D eigenvalue weighted by Crippen LogP contribution is -2.40. The number of rotatable bonds is 7. The third kappa shape index (κ3) is 5.36. The zero-order valence-corrected chi connectivity index (χ0v) is 13.8. The Balaban J connectivity index is 1.65. The van der Waals surface area contributed by atoms with Gasteiger partial charge in [-0.2, -0.15) is 0 Å². The summed E-state index contributed by atoms with van der Waals surface area (Å²) in [6.45, 7) is 4.42. The maximum absolute atomic E-state index is 12.1. The normalized spacial score (nSPS) is 15.5. The number of benzene rings is 1. The Labute approximate surface area is 137 Å². The summed E-state index contributed by atoms with van der Waals surface area (Å²) in [6, 6.07) is 7.08. The van der Waals surface area contributed by atoms with Crippen molar-refractivity contribution in [2.75, 3.05) is 26.2 Å². The molecule has 5 heteroatoms. The van der Waals surface area contributed by atoms with Gasteiger partial charge in [0.25, 0.3) is 0 Å². The topological polar surface area (TPSA) is 72.6 Å². The second kappa shape index (κ2) is 8.67. The van der Waals surface area contributed by atoms with E-state index in [9.17, 15) is 9.59 Å². The maximum atomic E-state index is 12.1. The third-order valence-electron chi connectivity index (χ3n) is 4.37. The van der Waals surface area contributed by atoms with Crippen LogP contribution in [0.2, 0.25) is 0 Å². The number of likely N-dealkylation sites (tertiary alicyclic amines) is 1. The Hall–Kier alpha value is -1.88. The van der Waals surface area contributed by atoms with E-state index >= 15 is 0 Å². The van der Waals surface area contributed by atoms with Gasteiger partial charge in [0, 0.05) is 25.1 Å². The molecule has 1 fully saturated rings. The highest BCUT2D eigenvalue weighted by Gasteiger charge is 2.21. The van der Waals surface area contributed by atoms with Crippen LogP contribution in [-0.2, 0) is 4.79 Å². The van der Waals surface area contributed by atoms with Gasteiger partial charge < -0.3 is 15.4 Å². The number of amides is 1. The van der Waals surface area contributed by atoms with Crippen LogP contribution in [0.3, 0.4) is 0 Å². The van der Waals surface area contributed by atoms with Crippen molar-refractivity contribution in [3.8, 4) is 5.75 Å². The quantitative estimate of drug-likeness (QED) is 0.618. The minimum Gasteiger partial charge on any atom is -0.494 e. The summed E-state index contributed by atoms with van der Waals surface area (Å²) in [5.74, 6) is 1.54. The van der Waals surface area contributed by atoms with Crippen molar-refractivity contribution in [3.05, 3.63) is 29.8 Å². The van der Waals surface area contributed by atoms with Gasteiger partial charge in [0.15, 0.2) is 5.78 Å². The van der Waals surface area contributed by atoms with E-state index in [0.717, 1.165) is 38.2 Å². The van der Waals surface area contributed by atoms with Crippen LogP contribution in [0.5, 0.6) is 5.75 Å². The molecule has 0 aliphatic carbocycles. The average Bonchev–Trinajstić information content (AvgIpc) is 2.59. The molecule has 0 saturated carbocycles. The summed E-state index contributed by atoms with van der Waals surface area (Å²) < 4.78 is 5.61. The van der Waals surface area contributed by atoms with Crippen LogP contribution in [0.4, 0.5) is 0 Å². The van der Waals surface area contributed by atoms with Gasteiger partial charge in [-0.25, -0.2) is 0 Å². The van der Waals surface area contributed by atoms with Crippen LogP contribution >= 0.6 is 0 Å². The molecule has 0 unspecified atom stereocenters. The van der Waals surface area contributed by atoms with Gasteiger partial charge in [0.1, 0.15) is 5.75 Å². The summed E-state index contributed by atoms with van der Waals surface area (Å²) in [6.07, 6.45) is 3.24. The molecule has 2 rings (SSSR count). The van der Waals surface area contributed by atoms with Crippen molar-refractivity contribution < 1.29 is 14.3 Å². The fraction of sp³-hybridized carbons (Fsp3) is 0.556. The van der Waals surface area contributed by atoms with Crippen LogP contribution in [0.25, 0.3) is 0 Å². The number of Topliss-reactive ketones (excluding diaryl/α,β-unsaturated/α-hetero) is 1. The van der Waals surface area contributed by atoms with Crippen molar-refractivity contribution >= 4 is 11.7 Å². The molecule has 0 bridgehead atoms. The number of hydrogen-bond acceptors (Lipinski definition) is 4. The molecule has 1 aliphatic rings. The molecule has 0 aromatic heterocycles. The number of ketones is 1. The second-order valence-electron chi connectivity index (χ2n) is 6.09. The fourth-order valence-corrected chi connectivity index (χ4v) is 2.78. The highest BCUT2D eigenvalue weighted by atomic mass is 16.5. The van der Waals surface area contributed by atoms with Crippen molar-refractivity contribution in [2.45, 2.75) is 32.6 Å². The van der Waals surface area contributed by atoms with Crippen molar-refractivity contribution in [3.63, 3.8) is 0 Å². The van der Waals surface area contributed by atoms with E-state index in [0.29, 0.717) is 30.9 Å². The van der Waals surface area contributed by atoms with Crippen LogP contribution < -0.4 is 10.5 Å². The molecule has 1 amide bonds. The highest BCUT2D eigenvalue weighted by Crippen LogP contribution is 2.17. The Bertz CT molecular complexity index is 520. The maximum Gasteiger partial charge on any atom is 0.222 e. The molecule has 1 aromatic carbocycles. The first kappa shape index (κ1) is 17.5. The Morgan fingerprint density at radius 1 is 1.22 bits per heavy atom. The van der Waals surface area contributed by atoms with Gasteiger partial charge in [0.05, 0.1) is 6.61 Å². The summed E-state index contributed by atoms with van der Waals surface area (Å²) in [5.41, 5.74) is 6.34. The Morgan fingerprint density at radius 3 is 2.43 bits per heavy atom. The Morgan fingerprint density at radius 2 is 1.87 bits per heavy atom. The molecule has 1 heterocycles. The molecule has 5 nitrogen and oxygen atoms in total. The zero-order chi connectivity index (χ0) is 16.7. The van der Waals surface area contributed by atoms with E-state index < -0.39 is 0 Å². The summed E-state index contributed by atoms with van der Waals surface area (Å²) in [7, 11) is 0. The monoisotopic (exact) mass is 318 g/mol. The van der Waals surface area contributed by atoms with Crippen LogP contribution in [0, 0.1) is 5.92 Å². The molecule has 126 valence electrons. The zero-order valence-electron chi connectivity index (χ0n) is 13.8. The van der Waals surface area contributed by atoms with Crippen LogP contribution in [-0.4, -0.2) is 42.8 Å². The number of carbonyl (C=O) groups excluding carboxylic acids is 2. The minimum absolute atomic E-state index is 0.0422. The van der Waals surface area contributed by atoms with Crippen LogP contribution in [0.1, 0.15) is 43.0 Å². The van der Waals surface area contributed by atoms with Gasteiger partial charge in [0.2, 0.25) is 5.91 Å². The average molecular weight is 318 g/mol. The first-order valence-electron chi connectivity index (χ1n) is 8.32. The molecule has 1 aromatic rings. The van der Waals surface area contributed by atoms with Crippen molar-refractivity contribution in [2.24, 2.45) is 11.7 Å². The number of hydrogen-bond donors (Lipinski definition) is 1. The predicted octanol–water partition coefficient (Wildman–Crippen LogP) is 2.25. The second-order valence-corrected chi connectivity index (χ2v) is 6.09. The summed E-state index contributed by atoms with van der Waals surface area (Å²) >= 11 is 0. The Kier molecular flexibility index (Phi) is 6.59.